The molecular weight excluding hydrogens is 308 g/mol. The number of nitriles is 1. The molecule has 2 aromatic rings. The average Bonchev–Trinajstić information content (AvgIpc) is 2.62. The lowest BCUT2D eigenvalue weighted by Gasteiger charge is -1.94. The maximum Gasteiger partial charge on any atom is 0.134 e. The molecule has 0 bridgehead atoms. The van der Waals surface area contributed by atoms with E-state index >= 15 is 0 Å². The Balaban J connectivity index is 2.35. The third kappa shape index (κ3) is 2.69. The van der Waals surface area contributed by atoms with Gasteiger partial charge in [-0.2, -0.15) is 5.26 Å². The van der Waals surface area contributed by atoms with E-state index in [0.29, 0.717) is 5.56 Å². The molecule has 0 fully saturated rings. The number of hydrogen-bond donors (Lipinski definition) is 0. The molecule has 0 amide bonds. The molecule has 0 N–H and O–H groups in total. The van der Waals surface area contributed by atoms with Crippen molar-refractivity contribution in [3.8, 4) is 6.07 Å². The summed E-state index contributed by atoms with van der Waals surface area (Å²) in [6.07, 6.45) is 1.79. The number of halogens is 1. The number of nitrogens with zero attached hydrogens (tertiary/aromatic N) is 2. The zero-order chi connectivity index (χ0) is 13.1. The summed E-state index contributed by atoms with van der Waals surface area (Å²) in [5.41, 5.74) is 2.73. The van der Waals surface area contributed by atoms with E-state index in [9.17, 15) is 0 Å². The van der Waals surface area contributed by atoms with Crippen molar-refractivity contribution in [2.75, 3.05) is 0 Å². The van der Waals surface area contributed by atoms with E-state index in [-0.39, 0.29) is 0 Å². The molecule has 0 unspecified atom stereocenters. The molecule has 1 aromatic carbocycles. The number of rotatable bonds is 2. The lowest BCUT2D eigenvalue weighted by atomic mass is 10.2. The molecule has 18 heavy (non-hydrogen) atoms. The molecule has 1 heterocycles. The van der Waals surface area contributed by atoms with E-state index in [1.807, 2.05) is 38.1 Å². The Hall–Kier alpha value is -1.44. The van der Waals surface area contributed by atoms with Crippen molar-refractivity contribution in [3.05, 3.63) is 50.3 Å². The van der Waals surface area contributed by atoms with Gasteiger partial charge < -0.3 is 0 Å². The van der Waals surface area contributed by atoms with Crippen molar-refractivity contribution in [1.29, 1.82) is 5.26 Å². The van der Waals surface area contributed by atoms with Crippen LogP contribution < -0.4 is 0 Å². The third-order valence-corrected chi connectivity index (χ3v) is 4.27. The van der Waals surface area contributed by atoms with Gasteiger partial charge in [0.15, 0.2) is 0 Å². The minimum Gasteiger partial charge on any atom is -0.244 e. The summed E-state index contributed by atoms with van der Waals surface area (Å²) in [5.74, 6) is 0. The van der Waals surface area contributed by atoms with Gasteiger partial charge in [0.05, 0.1) is 5.56 Å². The van der Waals surface area contributed by atoms with E-state index in [2.05, 4.69) is 27.0 Å². The Morgan fingerprint density at radius 1 is 1.39 bits per heavy atom. The zero-order valence-corrected chi connectivity index (χ0v) is 12.5. The van der Waals surface area contributed by atoms with Gasteiger partial charge >= 0.3 is 0 Å². The predicted molar refractivity (Wildman–Crippen MR) is 79.9 cm³/mol. The van der Waals surface area contributed by atoms with Crippen LogP contribution in [-0.4, -0.2) is 6.21 Å². The van der Waals surface area contributed by atoms with Crippen molar-refractivity contribution >= 4 is 38.5 Å². The number of benzene rings is 1. The summed E-state index contributed by atoms with van der Waals surface area (Å²) >= 11 is 4.98. The van der Waals surface area contributed by atoms with Gasteiger partial charge in [0, 0.05) is 15.6 Å². The Morgan fingerprint density at radius 2 is 2.17 bits per heavy atom. The van der Waals surface area contributed by atoms with Crippen LogP contribution in [0, 0.1) is 25.2 Å². The molecule has 0 aliphatic rings. The maximum atomic E-state index is 9.13. The minimum atomic E-state index is 0.684. The van der Waals surface area contributed by atoms with Crippen LogP contribution in [-0.2, 0) is 0 Å². The summed E-state index contributed by atoms with van der Waals surface area (Å²) in [6.45, 7) is 3.97. The number of aryl methyl sites for hydroxylation is 1. The fraction of sp³-hybridized carbons (Fsp3) is 0.143. The first-order chi connectivity index (χ1) is 8.61. The molecule has 0 saturated carbocycles. The Morgan fingerprint density at radius 3 is 2.83 bits per heavy atom. The van der Waals surface area contributed by atoms with E-state index in [1.54, 1.807) is 17.6 Å². The van der Waals surface area contributed by atoms with Gasteiger partial charge in [0.25, 0.3) is 0 Å². The molecule has 2 nitrogen and oxygen atoms in total. The smallest absolute Gasteiger partial charge is 0.134 e. The van der Waals surface area contributed by atoms with Gasteiger partial charge in [0.2, 0.25) is 0 Å². The van der Waals surface area contributed by atoms with Gasteiger partial charge in [0.1, 0.15) is 11.1 Å². The van der Waals surface area contributed by atoms with Gasteiger partial charge in [-0.1, -0.05) is 28.1 Å². The first-order valence-corrected chi connectivity index (χ1v) is 7.02. The van der Waals surface area contributed by atoms with Crippen LogP contribution in [0.2, 0.25) is 0 Å². The monoisotopic (exact) mass is 318 g/mol. The topological polar surface area (TPSA) is 36.1 Å². The molecular formula is C14H11BrN2S. The zero-order valence-electron chi connectivity index (χ0n) is 10.1. The summed E-state index contributed by atoms with van der Waals surface area (Å²) in [4.78, 5) is 5.57. The highest BCUT2D eigenvalue weighted by molar-refractivity contribution is 9.10. The van der Waals surface area contributed by atoms with Crippen LogP contribution in [0.1, 0.15) is 21.6 Å². The van der Waals surface area contributed by atoms with Crippen LogP contribution in [0.5, 0.6) is 0 Å². The highest BCUT2D eigenvalue weighted by Gasteiger charge is 2.10. The van der Waals surface area contributed by atoms with Crippen molar-refractivity contribution in [1.82, 2.24) is 0 Å². The molecule has 4 heteroatoms. The normalized spacial score (nSPS) is 10.8. The summed E-state index contributed by atoms with van der Waals surface area (Å²) in [6, 6.07) is 10.1. The van der Waals surface area contributed by atoms with Crippen LogP contribution >= 0.6 is 27.3 Å². The SMILES string of the molecule is Cc1sc(/N=C/c2cccc(Br)c2)c(C#N)c1C. The first kappa shape index (κ1) is 13.0. The molecule has 2 rings (SSSR count). The number of thiophene rings is 1. The molecule has 0 radical (unpaired) electrons. The van der Waals surface area contributed by atoms with Crippen molar-refractivity contribution in [2.24, 2.45) is 4.99 Å². The minimum absolute atomic E-state index is 0.684. The maximum absolute atomic E-state index is 9.13. The van der Waals surface area contributed by atoms with Gasteiger partial charge in [-0.05, 0) is 37.1 Å². The highest BCUT2D eigenvalue weighted by atomic mass is 79.9. The van der Waals surface area contributed by atoms with Gasteiger partial charge in [-0.25, -0.2) is 4.99 Å². The third-order valence-electron chi connectivity index (χ3n) is 2.66. The van der Waals surface area contributed by atoms with E-state index in [4.69, 9.17) is 5.26 Å². The molecule has 0 saturated heterocycles. The van der Waals surface area contributed by atoms with Crippen LogP contribution in [0.3, 0.4) is 0 Å². The fourth-order valence-electron chi connectivity index (χ4n) is 1.55. The fourth-order valence-corrected chi connectivity index (χ4v) is 2.92. The van der Waals surface area contributed by atoms with Crippen molar-refractivity contribution in [2.45, 2.75) is 13.8 Å². The molecule has 0 aliphatic carbocycles. The van der Waals surface area contributed by atoms with E-state index in [0.717, 1.165) is 25.5 Å². The summed E-state index contributed by atoms with van der Waals surface area (Å²) < 4.78 is 1.02. The molecule has 1 aromatic heterocycles. The first-order valence-electron chi connectivity index (χ1n) is 5.41. The second-order valence-electron chi connectivity index (χ2n) is 3.89. The molecule has 0 atom stereocenters. The second kappa shape index (κ2) is 5.47. The Labute approximate surface area is 119 Å². The molecule has 0 spiro atoms. The standard InChI is InChI=1S/C14H11BrN2S/c1-9-10(2)18-14(13(9)7-16)17-8-11-4-3-5-12(15)6-11/h3-6,8H,1-2H3/b17-8+. The largest absolute Gasteiger partial charge is 0.244 e. The molecule has 90 valence electrons. The number of hydrogen-bond acceptors (Lipinski definition) is 3. The van der Waals surface area contributed by atoms with Gasteiger partial charge in [-0.3, -0.25) is 0 Å². The summed E-state index contributed by atoms with van der Waals surface area (Å²) in [7, 11) is 0. The van der Waals surface area contributed by atoms with Crippen LogP contribution in [0.25, 0.3) is 0 Å². The Kier molecular flexibility index (Phi) is 3.95. The van der Waals surface area contributed by atoms with Crippen molar-refractivity contribution < 1.29 is 0 Å². The molecule has 0 aliphatic heterocycles. The lowest BCUT2D eigenvalue weighted by Crippen LogP contribution is -1.80. The average molecular weight is 319 g/mol. The predicted octanol–water partition coefficient (Wildman–Crippen LogP) is 4.75. The highest BCUT2D eigenvalue weighted by Crippen LogP contribution is 2.33. The van der Waals surface area contributed by atoms with Crippen LogP contribution in [0.4, 0.5) is 5.00 Å². The van der Waals surface area contributed by atoms with Crippen LogP contribution in [0.15, 0.2) is 33.7 Å². The quantitative estimate of drug-likeness (QED) is 0.736. The lowest BCUT2D eigenvalue weighted by molar-refractivity contribution is 1.38. The van der Waals surface area contributed by atoms with E-state index < -0.39 is 0 Å². The van der Waals surface area contributed by atoms with Gasteiger partial charge in [-0.15, -0.1) is 11.3 Å². The van der Waals surface area contributed by atoms with E-state index in [1.165, 1.54) is 0 Å². The summed E-state index contributed by atoms with van der Waals surface area (Å²) in [5, 5.41) is 9.91. The number of aliphatic imine (C=N–C) groups is 1. The van der Waals surface area contributed by atoms with Crippen molar-refractivity contribution in [3.63, 3.8) is 0 Å². The Bertz CT molecular complexity index is 650. The second-order valence-corrected chi connectivity index (χ2v) is 6.01.